The fourth-order valence-corrected chi connectivity index (χ4v) is 4.18. The average Bonchev–Trinajstić information content (AvgIpc) is 2.78. The molecule has 3 unspecified atom stereocenters. The molecule has 3 amide bonds. The summed E-state index contributed by atoms with van der Waals surface area (Å²) in [6.45, 7) is 8.78. The van der Waals surface area contributed by atoms with E-state index in [4.69, 9.17) is 9.47 Å². The Morgan fingerprint density at radius 1 is 0.943 bits per heavy atom. The number of methoxy groups -OCH3 is 1. The Bertz CT molecular complexity index is 841. The second-order valence-electron chi connectivity index (χ2n) is 9.48. The van der Waals surface area contributed by atoms with E-state index in [1.807, 2.05) is 36.2 Å². The first-order chi connectivity index (χ1) is 16.4. The Kier molecular flexibility index (Phi) is 12.8. The van der Waals surface area contributed by atoms with Gasteiger partial charge in [0.05, 0.1) is 0 Å². The predicted molar refractivity (Wildman–Crippen MR) is 135 cm³/mol. The number of esters is 1. The standard InChI is InChI=1S/C25H39N3O6Se/c1-16(2)20(22(30)26-18(13-14-35-7)23(31)33-6)28-21(29)19(15-17-11-9-8-10-12-17)27-24(32)34-25(3,4)5/h8-12,16,18-20H,13-15H2,1-7H3,(H,26,30)(H,27,32)(H,28,29). The monoisotopic (exact) mass is 557 g/mol. The van der Waals surface area contributed by atoms with Crippen molar-refractivity contribution in [3.8, 4) is 0 Å². The number of rotatable bonds is 12. The third-order valence-corrected chi connectivity index (χ3v) is 6.30. The molecule has 0 saturated carbocycles. The molecule has 35 heavy (non-hydrogen) atoms. The van der Waals surface area contributed by atoms with Gasteiger partial charge in [0.25, 0.3) is 0 Å². The van der Waals surface area contributed by atoms with E-state index in [1.54, 1.807) is 34.6 Å². The summed E-state index contributed by atoms with van der Waals surface area (Å²) in [7, 11) is 1.27. The molecule has 0 aliphatic heterocycles. The molecule has 0 fully saturated rings. The van der Waals surface area contributed by atoms with Gasteiger partial charge in [-0.25, -0.2) is 0 Å². The minimum absolute atomic E-state index is 0.210. The molecule has 0 aromatic heterocycles. The van der Waals surface area contributed by atoms with Crippen LogP contribution in [0.15, 0.2) is 30.3 Å². The zero-order valence-electron chi connectivity index (χ0n) is 21.7. The third kappa shape index (κ3) is 11.6. The SMILES string of the molecule is COC(=O)C(CC[Se]C)NC(=O)C(NC(=O)C(Cc1ccccc1)NC(=O)OC(C)(C)C)C(C)C. The molecule has 0 spiro atoms. The van der Waals surface area contributed by atoms with Gasteiger partial charge >= 0.3 is 170 Å². The first kappa shape index (κ1) is 30.5. The Labute approximate surface area is 214 Å². The molecule has 1 aromatic carbocycles. The molecule has 0 heterocycles. The molecule has 0 radical (unpaired) electrons. The summed E-state index contributed by atoms with van der Waals surface area (Å²) in [5.74, 6) is 0.241. The van der Waals surface area contributed by atoms with E-state index >= 15 is 0 Å². The van der Waals surface area contributed by atoms with Gasteiger partial charge in [-0.15, -0.1) is 0 Å². The summed E-state index contributed by atoms with van der Waals surface area (Å²) >= 11 is 0.334. The fourth-order valence-electron chi connectivity index (χ4n) is 3.19. The average molecular weight is 557 g/mol. The maximum atomic E-state index is 13.3. The first-order valence-electron chi connectivity index (χ1n) is 11.6. The maximum absolute atomic E-state index is 13.3. The molecule has 0 saturated heterocycles. The van der Waals surface area contributed by atoms with Gasteiger partial charge in [-0.1, -0.05) is 18.2 Å². The quantitative estimate of drug-likeness (QED) is 0.269. The Morgan fingerprint density at radius 3 is 2.09 bits per heavy atom. The number of hydrogen-bond acceptors (Lipinski definition) is 6. The molecule has 1 rings (SSSR count). The van der Waals surface area contributed by atoms with Crippen LogP contribution in [0.5, 0.6) is 0 Å². The number of carbonyl (C=O) groups excluding carboxylic acids is 4. The summed E-state index contributed by atoms with van der Waals surface area (Å²) in [6.07, 6.45) is -0.0574. The summed E-state index contributed by atoms with van der Waals surface area (Å²) in [5, 5.41) is 8.89. The molecule has 3 atom stereocenters. The molecule has 9 nitrogen and oxygen atoms in total. The minimum atomic E-state index is -0.972. The summed E-state index contributed by atoms with van der Waals surface area (Å²) in [5.41, 5.74) is 0.0994. The van der Waals surface area contributed by atoms with Crippen LogP contribution in [0.3, 0.4) is 0 Å². The zero-order chi connectivity index (χ0) is 26.6. The van der Waals surface area contributed by atoms with Crippen LogP contribution in [0.4, 0.5) is 4.79 Å². The van der Waals surface area contributed by atoms with E-state index < -0.39 is 47.6 Å². The molecule has 1 aromatic rings. The number of ether oxygens (including phenoxy) is 2. The van der Waals surface area contributed by atoms with Gasteiger partial charge in [0.15, 0.2) is 0 Å². The summed E-state index contributed by atoms with van der Waals surface area (Å²) in [6, 6.07) is 6.56. The summed E-state index contributed by atoms with van der Waals surface area (Å²) < 4.78 is 10.1. The van der Waals surface area contributed by atoms with Crippen molar-refractivity contribution in [2.45, 2.75) is 82.3 Å². The van der Waals surface area contributed by atoms with Crippen molar-refractivity contribution in [3.63, 3.8) is 0 Å². The van der Waals surface area contributed by atoms with E-state index in [0.717, 1.165) is 10.9 Å². The van der Waals surface area contributed by atoms with E-state index in [-0.39, 0.29) is 12.3 Å². The van der Waals surface area contributed by atoms with E-state index in [1.165, 1.54) is 7.11 Å². The van der Waals surface area contributed by atoms with E-state index in [9.17, 15) is 19.2 Å². The number of alkyl carbamates (subject to hydrolysis) is 1. The molecule has 0 aliphatic carbocycles. The molecular formula is C25H39N3O6Se. The summed E-state index contributed by atoms with van der Waals surface area (Å²) in [4.78, 5) is 50.9. The Balaban J connectivity index is 3.04. The molecule has 3 N–H and O–H groups in total. The Hall–Kier alpha value is -2.58. The van der Waals surface area contributed by atoms with Gasteiger partial charge in [0.2, 0.25) is 0 Å². The number of amides is 3. The van der Waals surface area contributed by atoms with Crippen LogP contribution in [0.2, 0.25) is 11.1 Å². The van der Waals surface area contributed by atoms with E-state index in [2.05, 4.69) is 16.0 Å². The number of carbonyl (C=O) groups is 4. The Morgan fingerprint density at radius 2 is 1.57 bits per heavy atom. The predicted octanol–water partition coefficient (Wildman–Crippen LogP) is 2.48. The van der Waals surface area contributed by atoms with Crippen LogP contribution in [0.25, 0.3) is 0 Å². The van der Waals surface area contributed by atoms with Crippen LogP contribution in [-0.4, -0.2) is 69.7 Å². The van der Waals surface area contributed by atoms with Crippen LogP contribution in [0.1, 0.15) is 46.6 Å². The van der Waals surface area contributed by atoms with Gasteiger partial charge < -0.3 is 0 Å². The molecule has 0 aliphatic rings. The van der Waals surface area contributed by atoms with Crippen molar-refractivity contribution in [1.82, 2.24) is 16.0 Å². The van der Waals surface area contributed by atoms with Gasteiger partial charge in [-0.2, -0.15) is 0 Å². The third-order valence-electron chi connectivity index (χ3n) is 4.95. The number of hydrogen-bond donors (Lipinski definition) is 3. The number of nitrogens with one attached hydrogen (secondary N) is 3. The fraction of sp³-hybridized carbons (Fsp3) is 0.600. The molecule has 196 valence electrons. The molecule has 0 bridgehead atoms. The second-order valence-corrected chi connectivity index (χ2v) is 11.6. The van der Waals surface area contributed by atoms with Gasteiger partial charge in [0, 0.05) is 0 Å². The van der Waals surface area contributed by atoms with E-state index in [0.29, 0.717) is 21.4 Å². The van der Waals surface area contributed by atoms with Crippen LogP contribution in [-0.2, 0) is 30.3 Å². The number of benzene rings is 1. The molecule has 10 heteroatoms. The first-order valence-corrected chi connectivity index (χ1v) is 14.5. The van der Waals surface area contributed by atoms with Crippen LogP contribution < -0.4 is 16.0 Å². The van der Waals surface area contributed by atoms with Gasteiger partial charge in [0.1, 0.15) is 5.60 Å². The van der Waals surface area contributed by atoms with Gasteiger partial charge in [-0.05, 0) is 20.8 Å². The van der Waals surface area contributed by atoms with Crippen molar-refractivity contribution >= 4 is 38.8 Å². The van der Waals surface area contributed by atoms with Crippen LogP contribution >= 0.6 is 0 Å². The normalized spacial score (nSPS) is 13.8. The molecular weight excluding hydrogens is 517 g/mol. The van der Waals surface area contributed by atoms with Gasteiger partial charge in [-0.3, -0.25) is 0 Å². The van der Waals surface area contributed by atoms with Crippen LogP contribution in [0, 0.1) is 5.92 Å². The zero-order valence-corrected chi connectivity index (χ0v) is 23.4. The van der Waals surface area contributed by atoms with Crippen molar-refractivity contribution in [2.75, 3.05) is 7.11 Å². The second kappa shape index (κ2) is 14.7. The van der Waals surface area contributed by atoms with Crippen molar-refractivity contribution < 1.29 is 28.7 Å². The topological polar surface area (TPSA) is 123 Å². The van der Waals surface area contributed by atoms with Crippen molar-refractivity contribution in [1.29, 1.82) is 0 Å². The van der Waals surface area contributed by atoms with Crippen molar-refractivity contribution in [3.05, 3.63) is 35.9 Å². The van der Waals surface area contributed by atoms with Crippen molar-refractivity contribution in [2.24, 2.45) is 5.92 Å².